The summed E-state index contributed by atoms with van der Waals surface area (Å²) < 4.78 is 46.4. The molecule has 1 fully saturated rings. The molecule has 0 radical (unpaired) electrons. The predicted molar refractivity (Wildman–Crippen MR) is 138 cm³/mol. The van der Waals surface area contributed by atoms with Crippen LogP contribution in [0.15, 0.2) is 65.6 Å². The highest BCUT2D eigenvalue weighted by Gasteiger charge is 2.29. The lowest BCUT2D eigenvalue weighted by atomic mass is 10.1. The second-order valence-electron chi connectivity index (χ2n) is 9.00. The van der Waals surface area contributed by atoms with Crippen LogP contribution in [0.4, 0.5) is 5.69 Å². The van der Waals surface area contributed by atoms with E-state index >= 15 is 0 Å². The summed E-state index contributed by atoms with van der Waals surface area (Å²) >= 11 is 0. The molecule has 6 nitrogen and oxygen atoms in total. The first-order chi connectivity index (χ1) is 16.8. The summed E-state index contributed by atoms with van der Waals surface area (Å²) in [5, 5.41) is 0. The first-order valence-corrected chi connectivity index (χ1v) is 13.3. The van der Waals surface area contributed by atoms with E-state index in [-0.39, 0.29) is 12.8 Å². The number of sulfonamides is 1. The van der Waals surface area contributed by atoms with Gasteiger partial charge < -0.3 is 14.2 Å². The van der Waals surface area contributed by atoms with Gasteiger partial charge in [0.2, 0.25) is 0 Å². The van der Waals surface area contributed by atoms with Crippen LogP contribution in [-0.4, -0.2) is 28.4 Å². The number of ether oxygens (including phenoxy) is 3. The van der Waals surface area contributed by atoms with Gasteiger partial charge in [-0.15, -0.1) is 0 Å². The van der Waals surface area contributed by atoms with Crippen LogP contribution >= 0.6 is 0 Å². The van der Waals surface area contributed by atoms with E-state index in [1.165, 1.54) is 4.31 Å². The van der Waals surface area contributed by atoms with E-state index < -0.39 is 10.0 Å². The molecule has 1 unspecified atom stereocenters. The minimum atomic E-state index is -3.84. The molecule has 3 aromatic carbocycles. The van der Waals surface area contributed by atoms with E-state index in [0.29, 0.717) is 22.1 Å². The van der Waals surface area contributed by atoms with E-state index in [4.69, 9.17) is 14.2 Å². The Balaban J connectivity index is 1.66. The summed E-state index contributed by atoms with van der Waals surface area (Å²) in [6.07, 6.45) is 2.81. The van der Waals surface area contributed by atoms with Crippen LogP contribution < -0.4 is 13.8 Å². The molecule has 4 rings (SSSR count). The molecule has 1 aliphatic heterocycles. The number of hydrogen-bond acceptors (Lipinski definition) is 5. The van der Waals surface area contributed by atoms with Crippen molar-refractivity contribution in [3.8, 4) is 11.5 Å². The summed E-state index contributed by atoms with van der Waals surface area (Å²) in [6.45, 7) is 6.56. The Morgan fingerprint density at radius 2 is 1.54 bits per heavy atom. The maximum atomic E-state index is 14.0. The maximum Gasteiger partial charge on any atom is 0.265 e. The van der Waals surface area contributed by atoms with Crippen LogP contribution in [0.2, 0.25) is 0 Å². The first-order valence-electron chi connectivity index (χ1n) is 11.9. The average molecular weight is 496 g/mol. The van der Waals surface area contributed by atoms with Gasteiger partial charge in [-0.1, -0.05) is 29.8 Å². The molecule has 0 aromatic heterocycles. The zero-order chi connectivity index (χ0) is 25.0. The van der Waals surface area contributed by atoms with Crippen molar-refractivity contribution in [3.05, 3.63) is 82.9 Å². The Kier molecular flexibility index (Phi) is 7.67. The van der Waals surface area contributed by atoms with Gasteiger partial charge in [-0.3, -0.25) is 4.31 Å². The number of rotatable bonds is 8. The van der Waals surface area contributed by atoms with Crippen molar-refractivity contribution in [2.24, 2.45) is 0 Å². The number of nitrogens with zero attached hydrogens (tertiary/aromatic N) is 1. The predicted octanol–water partition coefficient (Wildman–Crippen LogP) is 5.92. The largest absolute Gasteiger partial charge is 0.497 e. The van der Waals surface area contributed by atoms with Crippen LogP contribution in [0.25, 0.3) is 0 Å². The number of benzene rings is 3. The van der Waals surface area contributed by atoms with Gasteiger partial charge in [-0.25, -0.2) is 8.42 Å². The summed E-state index contributed by atoms with van der Waals surface area (Å²) in [6, 6.07) is 18.4. The van der Waals surface area contributed by atoms with E-state index in [2.05, 4.69) is 0 Å². The summed E-state index contributed by atoms with van der Waals surface area (Å²) in [7, 11) is -2.25. The highest BCUT2D eigenvalue weighted by atomic mass is 32.2. The van der Waals surface area contributed by atoms with Crippen LogP contribution in [0.5, 0.6) is 11.5 Å². The quantitative estimate of drug-likeness (QED) is 0.388. The summed E-state index contributed by atoms with van der Waals surface area (Å²) in [5.74, 6) is 1.38. The van der Waals surface area contributed by atoms with Gasteiger partial charge >= 0.3 is 0 Å². The molecular weight excluding hydrogens is 462 g/mol. The zero-order valence-electron chi connectivity index (χ0n) is 20.8. The molecule has 7 heteroatoms. The lowest BCUT2D eigenvalue weighted by Gasteiger charge is -2.27. The second-order valence-corrected chi connectivity index (χ2v) is 10.8. The molecule has 186 valence electrons. The zero-order valence-corrected chi connectivity index (χ0v) is 21.6. The van der Waals surface area contributed by atoms with Crippen molar-refractivity contribution in [3.63, 3.8) is 0 Å². The fourth-order valence-electron chi connectivity index (χ4n) is 4.54. The third kappa shape index (κ3) is 5.80. The van der Waals surface area contributed by atoms with E-state index in [1.54, 1.807) is 31.4 Å². The molecule has 0 spiro atoms. The molecule has 35 heavy (non-hydrogen) atoms. The van der Waals surface area contributed by atoms with Gasteiger partial charge in [0.15, 0.2) is 6.29 Å². The Hall–Kier alpha value is -3.03. The topological polar surface area (TPSA) is 65.1 Å². The van der Waals surface area contributed by atoms with Crippen LogP contribution in [0, 0.1) is 20.8 Å². The molecular formula is C28H33NO5S. The highest BCUT2D eigenvalue weighted by Crippen LogP contribution is 2.32. The van der Waals surface area contributed by atoms with Crippen LogP contribution in [0.3, 0.4) is 0 Å². The molecule has 1 heterocycles. The minimum Gasteiger partial charge on any atom is -0.497 e. The summed E-state index contributed by atoms with van der Waals surface area (Å²) in [4.78, 5) is 0.341. The van der Waals surface area contributed by atoms with Gasteiger partial charge in [-0.05, 0) is 86.7 Å². The molecule has 0 N–H and O–H groups in total. The van der Waals surface area contributed by atoms with Gasteiger partial charge in [0.05, 0.1) is 30.8 Å². The average Bonchev–Trinajstić information content (AvgIpc) is 2.83. The van der Waals surface area contributed by atoms with Gasteiger partial charge in [0.1, 0.15) is 11.5 Å². The Morgan fingerprint density at radius 1 is 0.914 bits per heavy atom. The van der Waals surface area contributed by atoms with Crippen molar-refractivity contribution in [2.45, 2.75) is 57.8 Å². The third-order valence-electron chi connectivity index (χ3n) is 6.17. The molecule has 0 amide bonds. The SMILES string of the molecule is COc1ccc(N(Cc2ccc(OC3CCCCO3)cc2)S(=O)(=O)c2c(C)cc(C)cc2C)cc1. The Labute approximate surface area is 208 Å². The normalized spacial score (nSPS) is 16.1. The number of hydrogen-bond donors (Lipinski definition) is 0. The van der Waals surface area contributed by atoms with Crippen molar-refractivity contribution in [1.29, 1.82) is 0 Å². The molecule has 1 aliphatic rings. The number of anilines is 1. The monoisotopic (exact) mass is 495 g/mol. The van der Waals surface area contributed by atoms with E-state index in [0.717, 1.165) is 48.1 Å². The Bertz CT molecular complexity index is 1220. The fraction of sp³-hybridized carbons (Fsp3) is 0.357. The van der Waals surface area contributed by atoms with Crippen LogP contribution in [0.1, 0.15) is 41.5 Å². The number of aryl methyl sites for hydroxylation is 3. The lowest BCUT2D eigenvalue weighted by molar-refractivity contribution is -0.105. The standard InChI is InChI=1S/C28H33NO5S/c1-20-17-21(2)28(22(3)18-20)35(30,31)29(24-10-14-25(32-4)15-11-24)19-23-8-12-26(13-9-23)34-27-7-5-6-16-33-27/h8-15,17-18,27H,5-7,16,19H2,1-4H3. The molecule has 1 atom stereocenters. The number of methoxy groups -OCH3 is 1. The van der Waals surface area contributed by atoms with Gasteiger partial charge in [-0.2, -0.15) is 0 Å². The Morgan fingerprint density at radius 3 is 2.11 bits per heavy atom. The van der Waals surface area contributed by atoms with Crippen molar-refractivity contribution in [1.82, 2.24) is 0 Å². The maximum absolute atomic E-state index is 14.0. The molecule has 0 saturated carbocycles. The smallest absolute Gasteiger partial charge is 0.265 e. The summed E-state index contributed by atoms with van der Waals surface area (Å²) in [5.41, 5.74) is 3.92. The van der Waals surface area contributed by atoms with E-state index in [9.17, 15) is 8.42 Å². The highest BCUT2D eigenvalue weighted by molar-refractivity contribution is 7.92. The van der Waals surface area contributed by atoms with Gasteiger partial charge in [0, 0.05) is 6.42 Å². The molecule has 3 aromatic rings. The van der Waals surface area contributed by atoms with E-state index in [1.807, 2.05) is 57.2 Å². The fourth-order valence-corrected chi connectivity index (χ4v) is 6.41. The first kappa shape index (κ1) is 25.1. The molecule has 0 aliphatic carbocycles. The van der Waals surface area contributed by atoms with Crippen LogP contribution in [-0.2, 0) is 21.3 Å². The lowest BCUT2D eigenvalue weighted by Crippen LogP contribution is -2.31. The van der Waals surface area contributed by atoms with Crippen molar-refractivity contribution < 1.29 is 22.6 Å². The van der Waals surface area contributed by atoms with Crippen molar-refractivity contribution in [2.75, 3.05) is 18.0 Å². The minimum absolute atomic E-state index is 0.182. The second kappa shape index (κ2) is 10.7. The van der Waals surface area contributed by atoms with Crippen molar-refractivity contribution >= 4 is 15.7 Å². The molecule has 1 saturated heterocycles. The molecule has 0 bridgehead atoms. The third-order valence-corrected chi connectivity index (χ3v) is 8.25. The van der Waals surface area contributed by atoms with Gasteiger partial charge in [0.25, 0.3) is 10.0 Å².